The molecular formula is C21H20N2O2. The fourth-order valence-electron chi connectivity index (χ4n) is 2.70. The molecular weight excluding hydrogens is 312 g/mol. The molecule has 4 nitrogen and oxygen atoms in total. The van der Waals surface area contributed by atoms with Crippen LogP contribution in [-0.2, 0) is 0 Å². The molecule has 0 aromatic heterocycles. The first-order valence-electron chi connectivity index (χ1n) is 8.29. The zero-order valence-corrected chi connectivity index (χ0v) is 13.9. The summed E-state index contributed by atoms with van der Waals surface area (Å²) in [6.45, 7) is 0.465. The highest BCUT2D eigenvalue weighted by Gasteiger charge is 2.08. The molecule has 4 heteroatoms. The van der Waals surface area contributed by atoms with Gasteiger partial charge in [0.05, 0.1) is 0 Å². The molecule has 0 spiro atoms. The van der Waals surface area contributed by atoms with Crippen molar-refractivity contribution < 1.29 is 9.59 Å². The van der Waals surface area contributed by atoms with E-state index in [2.05, 4.69) is 5.32 Å². The van der Waals surface area contributed by atoms with Crippen LogP contribution < -0.4 is 11.1 Å². The molecule has 0 unspecified atom stereocenters. The summed E-state index contributed by atoms with van der Waals surface area (Å²) in [6, 6.07) is 20.4. The van der Waals surface area contributed by atoms with Crippen LogP contribution in [0.15, 0.2) is 66.7 Å². The van der Waals surface area contributed by atoms with Gasteiger partial charge in [-0.2, -0.15) is 0 Å². The average molecular weight is 332 g/mol. The van der Waals surface area contributed by atoms with E-state index in [0.717, 1.165) is 10.8 Å². The molecule has 0 aliphatic rings. The van der Waals surface area contributed by atoms with E-state index >= 15 is 0 Å². The Balaban J connectivity index is 1.50. The highest BCUT2D eigenvalue weighted by atomic mass is 16.1. The summed E-state index contributed by atoms with van der Waals surface area (Å²) in [5, 5.41) is 5.01. The van der Waals surface area contributed by atoms with Crippen LogP contribution in [0.1, 0.15) is 33.6 Å². The van der Waals surface area contributed by atoms with Crippen LogP contribution >= 0.6 is 0 Å². The van der Waals surface area contributed by atoms with Crippen LogP contribution in [0, 0.1) is 0 Å². The number of hydrogen-bond donors (Lipinski definition) is 2. The first-order valence-corrected chi connectivity index (χ1v) is 8.29. The minimum absolute atomic E-state index is 0.0555. The van der Waals surface area contributed by atoms with Crippen LogP contribution in [-0.4, -0.2) is 18.2 Å². The first kappa shape index (κ1) is 16.7. The van der Waals surface area contributed by atoms with Gasteiger partial charge in [-0.15, -0.1) is 0 Å². The summed E-state index contributed by atoms with van der Waals surface area (Å²) < 4.78 is 0. The third-order valence-electron chi connectivity index (χ3n) is 4.11. The maximum Gasteiger partial charge on any atom is 0.251 e. The molecule has 3 aromatic rings. The van der Waals surface area contributed by atoms with Crippen LogP contribution in [0.4, 0.5) is 5.69 Å². The van der Waals surface area contributed by atoms with Gasteiger partial charge in [-0.3, -0.25) is 9.59 Å². The monoisotopic (exact) mass is 332 g/mol. The number of benzene rings is 3. The van der Waals surface area contributed by atoms with E-state index in [9.17, 15) is 9.59 Å². The summed E-state index contributed by atoms with van der Waals surface area (Å²) >= 11 is 0. The Morgan fingerprint density at radius 1 is 0.840 bits per heavy atom. The van der Waals surface area contributed by atoms with Gasteiger partial charge in [-0.1, -0.05) is 30.3 Å². The van der Waals surface area contributed by atoms with E-state index < -0.39 is 0 Å². The lowest BCUT2D eigenvalue weighted by Crippen LogP contribution is -2.24. The van der Waals surface area contributed by atoms with E-state index in [1.807, 2.05) is 42.5 Å². The number of carbonyl (C=O) groups is 2. The van der Waals surface area contributed by atoms with Gasteiger partial charge < -0.3 is 11.1 Å². The maximum absolute atomic E-state index is 12.2. The molecule has 0 atom stereocenters. The molecule has 0 aliphatic carbocycles. The summed E-state index contributed by atoms with van der Waals surface area (Å²) in [5.74, 6) is -0.0642. The number of nitrogens with two attached hydrogens (primary N) is 1. The van der Waals surface area contributed by atoms with Crippen molar-refractivity contribution in [1.29, 1.82) is 0 Å². The normalized spacial score (nSPS) is 10.6. The summed E-state index contributed by atoms with van der Waals surface area (Å²) in [5.41, 5.74) is 7.53. The molecule has 25 heavy (non-hydrogen) atoms. The number of nitrogen functional groups attached to an aromatic ring is 1. The Hall–Kier alpha value is -3.14. The smallest absolute Gasteiger partial charge is 0.251 e. The molecule has 126 valence electrons. The molecule has 0 bridgehead atoms. The summed E-state index contributed by atoms with van der Waals surface area (Å²) in [6.07, 6.45) is 0.991. The lowest BCUT2D eigenvalue weighted by atomic mass is 10.1. The van der Waals surface area contributed by atoms with Crippen LogP contribution in [0.3, 0.4) is 0 Å². The SMILES string of the molecule is Nc1ccc(C(=O)CCCNC(=O)c2ccc3ccccc3c2)cc1. The molecule has 3 N–H and O–H groups in total. The Labute approximate surface area is 146 Å². The highest BCUT2D eigenvalue weighted by Crippen LogP contribution is 2.15. The van der Waals surface area contributed by atoms with E-state index in [0.29, 0.717) is 36.2 Å². The predicted octanol–water partition coefficient (Wildman–Crippen LogP) is 3.81. The Kier molecular flexibility index (Phi) is 5.09. The molecule has 0 saturated carbocycles. The quantitative estimate of drug-likeness (QED) is 0.409. The Morgan fingerprint density at radius 3 is 2.28 bits per heavy atom. The maximum atomic E-state index is 12.2. The van der Waals surface area contributed by atoms with Crippen molar-refractivity contribution in [2.45, 2.75) is 12.8 Å². The third-order valence-corrected chi connectivity index (χ3v) is 4.11. The van der Waals surface area contributed by atoms with Gasteiger partial charge >= 0.3 is 0 Å². The number of rotatable bonds is 6. The fourth-order valence-corrected chi connectivity index (χ4v) is 2.70. The lowest BCUT2D eigenvalue weighted by Gasteiger charge is -2.06. The first-order chi connectivity index (χ1) is 12.1. The number of nitrogens with one attached hydrogen (secondary N) is 1. The van der Waals surface area contributed by atoms with Crippen molar-refractivity contribution in [3.8, 4) is 0 Å². The second kappa shape index (κ2) is 7.62. The number of ketones is 1. The molecule has 0 radical (unpaired) electrons. The van der Waals surface area contributed by atoms with Crippen LogP contribution in [0.25, 0.3) is 10.8 Å². The van der Waals surface area contributed by atoms with Crippen molar-refractivity contribution in [2.24, 2.45) is 0 Å². The average Bonchev–Trinajstić information content (AvgIpc) is 2.65. The lowest BCUT2D eigenvalue weighted by molar-refractivity contribution is 0.0938. The number of anilines is 1. The third kappa shape index (κ3) is 4.23. The predicted molar refractivity (Wildman–Crippen MR) is 101 cm³/mol. The minimum Gasteiger partial charge on any atom is -0.399 e. The van der Waals surface area contributed by atoms with Crippen molar-refractivity contribution in [3.05, 3.63) is 77.9 Å². The molecule has 3 aromatic carbocycles. The molecule has 1 amide bonds. The summed E-state index contributed by atoms with van der Waals surface area (Å²) in [7, 11) is 0. The van der Waals surface area contributed by atoms with E-state index in [1.54, 1.807) is 24.3 Å². The topological polar surface area (TPSA) is 72.2 Å². The van der Waals surface area contributed by atoms with Crippen molar-refractivity contribution in [3.63, 3.8) is 0 Å². The van der Waals surface area contributed by atoms with Gasteiger partial charge in [0.15, 0.2) is 5.78 Å². The van der Waals surface area contributed by atoms with E-state index in [1.165, 1.54) is 0 Å². The Morgan fingerprint density at radius 2 is 1.52 bits per heavy atom. The molecule has 0 saturated heterocycles. The number of Topliss-reactive ketones (excluding diaryl/α,β-unsaturated/α-hetero) is 1. The number of hydrogen-bond acceptors (Lipinski definition) is 3. The van der Waals surface area contributed by atoms with Gasteiger partial charge in [-0.25, -0.2) is 0 Å². The Bertz CT molecular complexity index is 901. The van der Waals surface area contributed by atoms with E-state index in [4.69, 9.17) is 5.73 Å². The number of fused-ring (bicyclic) bond motifs is 1. The van der Waals surface area contributed by atoms with Crippen LogP contribution in [0.2, 0.25) is 0 Å². The van der Waals surface area contributed by atoms with Gasteiger partial charge in [0.1, 0.15) is 0 Å². The van der Waals surface area contributed by atoms with Gasteiger partial charge in [0.25, 0.3) is 5.91 Å². The fraction of sp³-hybridized carbons (Fsp3) is 0.143. The van der Waals surface area contributed by atoms with Gasteiger partial charge in [0.2, 0.25) is 0 Å². The molecule has 3 rings (SSSR count). The molecule has 0 fully saturated rings. The minimum atomic E-state index is -0.120. The van der Waals surface area contributed by atoms with Gasteiger partial charge in [0, 0.05) is 29.8 Å². The van der Waals surface area contributed by atoms with Gasteiger partial charge in [-0.05, 0) is 53.6 Å². The molecule has 0 aliphatic heterocycles. The van der Waals surface area contributed by atoms with E-state index in [-0.39, 0.29) is 11.7 Å². The van der Waals surface area contributed by atoms with Crippen molar-refractivity contribution >= 4 is 28.2 Å². The number of carbonyl (C=O) groups excluding carboxylic acids is 2. The zero-order chi connectivity index (χ0) is 17.6. The largest absolute Gasteiger partial charge is 0.399 e. The second-order valence-electron chi connectivity index (χ2n) is 5.97. The zero-order valence-electron chi connectivity index (χ0n) is 13.9. The second-order valence-corrected chi connectivity index (χ2v) is 5.97. The highest BCUT2D eigenvalue weighted by molar-refractivity contribution is 5.99. The van der Waals surface area contributed by atoms with Crippen LogP contribution in [0.5, 0.6) is 0 Å². The number of amides is 1. The summed E-state index contributed by atoms with van der Waals surface area (Å²) in [4.78, 5) is 24.3. The van der Waals surface area contributed by atoms with Crippen molar-refractivity contribution in [2.75, 3.05) is 12.3 Å². The standard InChI is InChI=1S/C21H20N2O2/c22-19-11-9-16(10-12-19)20(24)6-3-13-23-21(25)18-8-7-15-4-1-2-5-17(15)14-18/h1-2,4-5,7-12,14H,3,6,13,22H2,(H,23,25). The molecule has 0 heterocycles. The van der Waals surface area contributed by atoms with Crippen molar-refractivity contribution in [1.82, 2.24) is 5.32 Å².